The fraction of sp³-hybridized carbons (Fsp3) is 0.235. The number of amides is 2. The molecule has 4 N–H and O–H groups in total. The maximum atomic E-state index is 12.4. The third-order valence-corrected chi connectivity index (χ3v) is 4.47. The Balaban J connectivity index is 1.76. The Kier molecular flexibility index (Phi) is 5.49. The summed E-state index contributed by atoms with van der Waals surface area (Å²) in [4.78, 5) is 29.7. The molecule has 2 aromatic heterocycles. The van der Waals surface area contributed by atoms with Crippen LogP contribution in [-0.2, 0) is 0 Å². The van der Waals surface area contributed by atoms with Crippen molar-refractivity contribution in [2.75, 3.05) is 25.5 Å². The lowest BCUT2D eigenvalue weighted by atomic mass is 10.1. The molecule has 1 aromatic carbocycles. The van der Waals surface area contributed by atoms with Gasteiger partial charge in [-0.05, 0) is 31.2 Å². The number of nitrogens with two attached hydrogens (primary N) is 1. The van der Waals surface area contributed by atoms with Gasteiger partial charge in [0.1, 0.15) is 11.4 Å². The molecule has 0 saturated heterocycles. The average Bonchev–Trinajstić information content (AvgIpc) is 3.23. The van der Waals surface area contributed by atoms with Crippen LogP contribution in [0.4, 0.5) is 5.69 Å². The maximum absolute atomic E-state index is 12.4. The van der Waals surface area contributed by atoms with Crippen molar-refractivity contribution in [3.8, 4) is 5.75 Å². The molecular weight excluding hydrogens is 354 g/mol. The quantitative estimate of drug-likeness (QED) is 0.546. The molecule has 0 radical (unpaired) electrons. The number of nitrogens with zero attached hydrogens (tertiary/aromatic N) is 2. The van der Waals surface area contributed by atoms with Gasteiger partial charge >= 0.3 is 0 Å². The lowest BCUT2D eigenvalue weighted by molar-refractivity contribution is 0.0949. The number of methoxy groups -OCH3 is 1. The average molecular weight is 373 g/mol. The molecule has 0 unspecified atom stereocenters. The van der Waals surface area contributed by atoms with E-state index in [0.717, 1.165) is 4.96 Å². The van der Waals surface area contributed by atoms with Gasteiger partial charge in [0.25, 0.3) is 11.8 Å². The molecule has 0 aliphatic carbocycles. The molecular formula is C17H19N5O3S. The van der Waals surface area contributed by atoms with E-state index in [-0.39, 0.29) is 11.8 Å². The van der Waals surface area contributed by atoms with Gasteiger partial charge in [-0.25, -0.2) is 4.98 Å². The summed E-state index contributed by atoms with van der Waals surface area (Å²) in [6, 6.07) is 4.89. The van der Waals surface area contributed by atoms with Crippen LogP contribution in [-0.4, -0.2) is 41.4 Å². The van der Waals surface area contributed by atoms with E-state index in [2.05, 4.69) is 15.6 Å². The summed E-state index contributed by atoms with van der Waals surface area (Å²) in [6.45, 7) is 0.968. The van der Waals surface area contributed by atoms with Crippen LogP contribution in [0, 0.1) is 0 Å². The van der Waals surface area contributed by atoms with Crippen molar-refractivity contribution >= 4 is 33.8 Å². The van der Waals surface area contributed by atoms with Gasteiger partial charge in [0.2, 0.25) is 0 Å². The second kappa shape index (κ2) is 7.98. The second-order valence-corrected chi connectivity index (χ2v) is 6.36. The monoisotopic (exact) mass is 373 g/mol. The van der Waals surface area contributed by atoms with Crippen LogP contribution in [0.3, 0.4) is 0 Å². The fourth-order valence-corrected chi connectivity index (χ4v) is 3.09. The first-order chi connectivity index (χ1) is 12.6. The highest BCUT2D eigenvalue weighted by Crippen LogP contribution is 2.23. The van der Waals surface area contributed by atoms with Crippen LogP contribution in [0.2, 0.25) is 0 Å². The Morgan fingerprint density at radius 2 is 2.19 bits per heavy atom. The van der Waals surface area contributed by atoms with Crippen LogP contribution in [0.15, 0.2) is 36.0 Å². The molecule has 2 amide bonds. The largest absolute Gasteiger partial charge is 0.496 e. The first kappa shape index (κ1) is 17.9. The molecule has 26 heavy (non-hydrogen) atoms. The van der Waals surface area contributed by atoms with Crippen molar-refractivity contribution in [1.82, 2.24) is 14.7 Å². The van der Waals surface area contributed by atoms with Gasteiger partial charge in [-0.3, -0.25) is 14.0 Å². The molecule has 136 valence electrons. The molecule has 2 heterocycles. The van der Waals surface area contributed by atoms with E-state index in [1.54, 1.807) is 28.8 Å². The Morgan fingerprint density at radius 1 is 1.35 bits per heavy atom. The molecule has 0 saturated carbocycles. The minimum atomic E-state index is -0.347. The normalized spacial score (nSPS) is 10.7. The highest BCUT2D eigenvalue weighted by atomic mass is 32.1. The predicted octanol–water partition coefficient (Wildman–Crippen LogP) is 1.74. The van der Waals surface area contributed by atoms with Crippen LogP contribution in [0.5, 0.6) is 5.75 Å². The molecule has 9 heteroatoms. The number of nitrogens with one attached hydrogen (secondary N) is 2. The summed E-state index contributed by atoms with van der Waals surface area (Å²) in [5, 5.41) is 7.42. The number of benzene rings is 1. The summed E-state index contributed by atoms with van der Waals surface area (Å²) in [7, 11) is 1.49. The predicted molar refractivity (Wildman–Crippen MR) is 100 cm³/mol. The van der Waals surface area contributed by atoms with E-state index in [0.29, 0.717) is 42.2 Å². The smallest absolute Gasteiger partial charge is 0.275 e. The van der Waals surface area contributed by atoms with E-state index < -0.39 is 0 Å². The van der Waals surface area contributed by atoms with Crippen LogP contribution in [0.1, 0.15) is 27.3 Å². The van der Waals surface area contributed by atoms with Gasteiger partial charge in [0.05, 0.1) is 12.7 Å². The summed E-state index contributed by atoms with van der Waals surface area (Å²) < 4.78 is 7.02. The number of fused-ring (bicyclic) bond motifs is 1. The van der Waals surface area contributed by atoms with E-state index in [1.165, 1.54) is 18.4 Å². The Labute approximate surface area is 154 Å². The number of imidazole rings is 1. The summed E-state index contributed by atoms with van der Waals surface area (Å²) in [5.41, 5.74) is 6.56. The van der Waals surface area contributed by atoms with Crippen LogP contribution in [0.25, 0.3) is 4.96 Å². The first-order valence-corrected chi connectivity index (χ1v) is 8.90. The van der Waals surface area contributed by atoms with Crippen molar-refractivity contribution in [3.05, 3.63) is 47.2 Å². The fourth-order valence-electron chi connectivity index (χ4n) is 2.39. The van der Waals surface area contributed by atoms with Crippen molar-refractivity contribution < 1.29 is 14.3 Å². The molecule has 8 nitrogen and oxygen atoms in total. The number of hydrogen-bond acceptors (Lipinski definition) is 6. The third kappa shape index (κ3) is 3.84. The van der Waals surface area contributed by atoms with Gasteiger partial charge in [-0.15, -0.1) is 11.3 Å². The molecule has 3 rings (SSSR count). The van der Waals surface area contributed by atoms with Gasteiger partial charge in [0, 0.05) is 30.0 Å². The van der Waals surface area contributed by atoms with Gasteiger partial charge in [-0.2, -0.15) is 0 Å². The summed E-state index contributed by atoms with van der Waals surface area (Å²) in [5.74, 6) is -0.204. The third-order valence-electron chi connectivity index (χ3n) is 3.69. The summed E-state index contributed by atoms with van der Waals surface area (Å²) >= 11 is 1.45. The highest BCUT2D eigenvalue weighted by molar-refractivity contribution is 7.15. The lowest BCUT2D eigenvalue weighted by Crippen LogP contribution is -2.26. The number of anilines is 1. The SMILES string of the molecule is COc1ccc(NC(=O)c2cn3ccsc3n2)cc1C(=O)NCCCN. The van der Waals surface area contributed by atoms with Crippen molar-refractivity contribution in [2.24, 2.45) is 5.73 Å². The minimum absolute atomic E-state index is 0.283. The van der Waals surface area contributed by atoms with Crippen molar-refractivity contribution in [3.63, 3.8) is 0 Å². The van der Waals surface area contributed by atoms with Gasteiger partial charge < -0.3 is 21.1 Å². The zero-order valence-corrected chi connectivity index (χ0v) is 15.0. The topological polar surface area (TPSA) is 111 Å². The number of aromatic nitrogens is 2. The van der Waals surface area contributed by atoms with Gasteiger partial charge in [-0.1, -0.05) is 0 Å². The first-order valence-electron chi connectivity index (χ1n) is 8.02. The minimum Gasteiger partial charge on any atom is -0.496 e. The van der Waals surface area contributed by atoms with Crippen LogP contribution >= 0.6 is 11.3 Å². The molecule has 3 aromatic rings. The van der Waals surface area contributed by atoms with Gasteiger partial charge in [0.15, 0.2) is 4.96 Å². The number of carbonyl (C=O) groups excluding carboxylic acids is 2. The molecule has 0 aliphatic heterocycles. The van der Waals surface area contributed by atoms with Crippen LogP contribution < -0.4 is 21.1 Å². The van der Waals surface area contributed by atoms with Crippen molar-refractivity contribution in [1.29, 1.82) is 0 Å². The highest BCUT2D eigenvalue weighted by Gasteiger charge is 2.16. The standard InChI is InChI=1S/C17H19N5O3S/c1-25-14-4-3-11(9-12(14)15(23)19-6-2-5-18)20-16(24)13-10-22-7-8-26-17(22)21-13/h3-4,7-10H,2,5-6,18H2,1H3,(H,19,23)(H,20,24). The van der Waals surface area contributed by atoms with E-state index >= 15 is 0 Å². The van der Waals surface area contributed by atoms with Crippen molar-refractivity contribution in [2.45, 2.75) is 6.42 Å². The Morgan fingerprint density at radius 3 is 2.92 bits per heavy atom. The molecule has 0 aliphatic rings. The Hall–Kier alpha value is -2.91. The molecule has 0 atom stereocenters. The van der Waals surface area contributed by atoms with E-state index in [4.69, 9.17) is 10.5 Å². The zero-order valence-electron chi connectivity index (χ0n) is 14.2. The number of thiazole rings is 1. The number of rotatable bonds is 7. The number of ether oxygens (including phenoxy) is 1. The second-order valence-electron chi connectivity index (χ2n) is 5.49. The summed E-state index contributed by atoms with van der Waals surface area (Å²) in [6.07, 6.45) is 4.17. The number of hydrogen-bond donors (Lipinski definition) is 3. The molecule has 0 bridgehead atoms. The van der Waals surface area contributed by atoms with E-state index in [9.17, 15) is 9.59 Å². The maximum Gasteiger partial charge on any atom is 0.275 e. The number of carbonyl (C=O) groups is 2. The molecule has 0 fully saturated rings. The zero-order chi connectivity index (χ0) is 18.5. The molecule has 0 spiro atoms. The van der Waals surface area contributed by atoms with E-state index in [1.807, 2.05) is 11.6 Å². The lowest BCUT2D eigenvalue weighted by Gasteiger charge is -2.11. The Bertz CT molecular complexity index is 905.